The van der Waals surface area contributed by atoms with Gasteiger partial charge in [0.25, 0.3) is 0 Å². The summed E-state index contributed by atoms with van der Waals surface area (Å²) < 4.78 is 11.4. The van der Waals surface area contributed by atoms with Crippen molar-refractivity contribution in [2.75, 3.05) is 6.61 Å². The quantitative estimate of drug-likeness (QED) is 0.697. The van der Waals surface area contributed by atoms with Gasteiger partial charge in [-0.3, -0.25) is 0 Å². The maximum atomic E-state index is 5.68. The van der Waals surface area contributed by atoms with Gasteiger partial charge in [0.2, 0.25) is 5.88 Å². The van der Waals surface area contributed by atoms with Crippen LogP contribution in [-0.4, -0.2) is 22.7 Å². The summed E-state index contributed by atoms with van der Waals surface area (Å²) in [7, 11) is 0. The number of fused-ring (bicyclic) bond motifs is 1. The van der Waals surface area contributed by atoms with E-state index in [1.54, 1.807) is 0 Å². The number of hydrogen-bond acceptors (Lipinski definition) is 4. The highest BCUT2D eigenvalue weighted by Crippen LogP contribution is 2.27. The van der Waals surface area contributed by atoms with Gasteiger partial charge >= 0.3 is 0 Å². The standard InChI is InChI=1S/C19H20N2O2/c1-4-22-19-16-7-5-6-8-17(16)20-18(21-19)14-9-11-15(12-10-14)23-13(2)3/h5-13H,4H2,1-3H3. The van der Waals surface area contributed by atoms with E-state index in [0.717, 1.165) is 22.2 Å². The minimum Gasteiger partial charge on any atom is -0.491 e. The fourth-order valence-electron chi connectivity index (χ4n) is 2.38. The van der Waals surface area contributed by atoms with Crippen LogP contribution < -0.4 is 9.47 Å². The second kappa shape index (κ2) is 6.65. The zero-order valence-electron chi connectivity index (χ0n) is 13.6. The van der Waals surface area contributed by atoms with Gasteiger partial charge in [-0.05, 0) is 57.2 Å². The Balaban J connectivity index is 2.02. The van der Waals surface area contributed by atoms with Crippen LogP contribution in [0.3, 0.4) is 0 Å². The van der Waals surface area contributed by atoms with Crippen LogP contribution in [-0.2, 0) is 0 Å². The van der Waals surface area contributed by atoms with Crippen molar-refractivity contribution in [3.05, 3.63) is 48.5 Å². The van der Waals surface area contributed by atoms with Crippen LogP contribution in [0.4, 0.5) is 0 Å². The van der Waals surface area contributed by atoms with Crippen molar-refractivity contribution < 1.29 is 9.47 Å². The maximum Gasteiger partial charge on any atom is 0.225 e. The molecule has 0 radical (unpaired) electrons. The fourth-order valence-corrected chi connectivity index (χ4v) is 2.38. The van der Waals surface area contributed by atoms with Crippen LogP contribution in [0, 0.1) is 0 Å². The highest BCUT2D eigenvalue weighted by atomic mass is 16.5. The van der Waals surface area contributed by atoms with Gasteiger partial charge in [0, 0.05) is 5.56 Å². The van der Waals surface area contributed by atoms with Gasteiger partial charge in [0.1, 0.15) is 5.75 Å². The second-order valence-electron chi connectivity index (χ2n) is 5.49. The van der Waals surface area contributed by atoms with Crippen molar-refractivity contribution in [1.29, 1.82) is 0 Å². The highest BCUT2D eigenvalue weighted by molar-refractivity contribution is 5.85. The lowest BCUT2D eigenvalue weighted by Crippen LogP contribution is -2.05. The smallest absolute Gasteiger partial charge is 0.225 e. The molecule has 4 nitrogen and oxygen atoms in total. The molecule has 0 atom stereocenters. The molecule has 0 saturated carbocycles. The molecule has 4 heteroatoms. The first-order valence-electron chi connectivity index (χ1n) is 7.84. The van der Waals surface area contributed by atoms with E-state index in [1.165, 1.54) is 0 Å². The summed E-state index contributed by atoms with van der Waals surface area (Å²) in [6, 6.07) is 15.7. The lowest BCUT2D eigenvalue weighted by atomic mass is 10.2. The molecule has 0 N–H and O–H groups in total. The summed E-state index contributed by atoms with van der Waals surface area (Å²) in [5.74, 6) is 2.12. The molecule has 23 heavy (non-hydrogen) atoms. The Hall–Kier alpha value is -2.62. The van der Waals surface area contributed by atoms with Crippen molar-refractivity contribution in [3.8, 4) is 23.0 Å². The van der Waals surface area contributed by atoms with E-state index in [1.807, 2.05) is 69.3 Å². The van der Waals surface area contributed by atoms with Crippen LogP contribution in [0.25, 0.3) is 22.3 Å². The fraction of sp³-hybridized carbons (Fsp3) is 0.263. The predicted octanol–water partition coefficient (Wildman–Crippen LogP) is 4.48. The molecule has 3 aromatic rings. The Bertz CT molecular complexity index is 798. The molecular weight excluding hydrogens is 288 g/mol. The third-order valence-corrected chi connectivity index (χ3v) is 3.33. The van der Waals surface area contributed by atoms with Crippen molar-refractivity contribution in [1.82, 2.24) is 9.97 Å². The zero-order chi connectivity index (χ0) is 16.2. The van der Waals surface area contributed by atoms with Crippen LogP contribution in [0.1, 0.15) is 20.8 Å². The average molecular weight is 308 g/mol. The summed E-state index contributed by atoms with van der Waals surface area (Å²) in [5, 5.41) is 0.929. The van der Waals surface area contributed by atoms with Gasteiger partial charge in [-0.2, -0.15) is 4.98 Å². The molecule has 0 amide bonds. The minimum absolute atomic E-state index is 0.155. The molecule has 0 fully saturated rings. The monoisotopic (exact) mass is 308 g/mol. The summed E-state index contributed by atoms with van der Waals surface area (Å²) in [4.78, 5) is 9.22. The number of rotatable bonds is 5. The zero-order valence-corrected chi connectivity index (χ0v) is 13.6. The van der Waals surface area contributed by atoms with Gasteiger partial charge in [-0.25, -0.2) is 4.98 Å². The van der Waals surface area contributed by atoms with Gasteiger partial charge in [0.05, 0.1) is 23.6 Å². The summed E-state index contributed by atoms with van der Waals surface area (Å²) in [6.45, 7) is 6.54. The average Bonchev–Trinajstić information content (AvgIpc) is 2.55. The Labute approximate surface area is 136 Å². The summed E-state index contributed by atoms with van der Waals surface area (Å²) >= 11 is 0. The summed E-state index contributed by atoms with van der Waals surface area (Å²) in [6.07, 6.45) is 0.155. The number of ether oxygens (including phenoxy) is 2. The van der Waals surface area contributed by atoms with E-state index in [0.29, 0.717) is 18.3 Å². The third-order valence-electron chi connectivity index (χ3n) is 3.33. The van der Waals surface area contributed by atoms with Gasteiger partial charge in [-0.1, -0.05) is 12.1 Å². The maximum absolute atomic E-state index is 5.68. The van der Waals surface area contributed by atoms with Crippen molar-refractivity contribution in [2.24, 2.45) is 0 Å². The highest BCUT2D eigenvalue weighted by Gasteiger charge is 2.10. The van der Waals surface area contributed by atoms with E-state index in [-0.39, 0.29) is 6.10 Å². The molecule has 1 heterocycles. The van der Waals surface area contributed by atoms with Gasteiger partial charge in [-0.15, -0.1) is 0 Å². The van der Waals surface area contributed by atoms with Crippen molar-refractivity contribution in [2.45, 2.75) is 26.9 Å². The number of aromatic nitrogens is 2. The van der Waals surface area contributed by atoms with Gasteiger partial charge in [0.15, 0.2) is 5.82 Å². The van der Waals surface area contributed by atoms with E-state index in [2.05, 4.69) is 9.97 Å². The normalized spacial score (nSPS) is 11.0. The van der Waals surface area contributed by atoms with Gasteiger partial charge < -0.3 is 9.47 Å². The first-order chi connectivity index (χ1) is 11.2. The third kappa shape index (κ3) is 3.42. The second-order valence-corrected chi connectivity index (χ2v) is 5.49. The SMILES string of the molecule is CCOc1nc(-c2ccc(OC(C)C)cc2)nc2ccccc12. The molecule has 0 aliphatic carbocycles. The van der Waals surface area contributed by atoms with Crippen LogP contribution in [0.5, 0.6) is 11.6 Å². The van der Waals surface area contributed by atoms with E-state index in [4.69, 9.17) is 9.47 Å². The number of para-hydroxylation sites is 1. The van der Waals surface area contributed by atoms with E-state index < -0.39 is 0 Å². The van der Waals surface area contributed by atoms with Crippen LogP contribution >= 0.6 is 0 Å². The molecule has 3 rings (SSSR count). The molecule has 2 aromatic carbocycles. The molecule has 0 aliphatic rings. The molecule has 118 valence electrons. The van der Waals surface area contributed by atoms with Crippen LogP contribution in [0.15, 0.2) is 48.5 Å². The Morgan fingerprint density at radius 2 is 1.70 bits per heavy atom. The Kier molecular flexibility index (Phi) is 4.42. The first kappa shape index (κ1) is 15.3. The van der Waals surface area contributed by atoms with Crippen molar-refractivity contribution in [3.63, 3.8) is 0 Å². The molecule has 0 spiro atoms. The first-order valence-corrected chi connectivity index (χ1v) is 7.84. The number of benzene rings is 2. The van der Waals surface area contributed by atoms with E-state index in [9.17, 15) is 0 Å². The largest absolute Gasteiger partial charge is 0.491 e. The molecule has 0 bridgehead atoms. The number of hydrogen-bond donors (Lipinski definition) is 0. The molecule has 0 unspecified atom stereocenters. The Morgan fingerprint density at radius 1 is 0.957 bits per heavy atom. The predicted molar refractivity (Wildman–Crippen MR) is 91.9 cm³/mol. The van der Waals surface area contributed by atoms with Crippen molar-refractivity contribution >= 4 is 10.9 Å². The van der Waals surface area contributed by atoms with Crippen LogP contribution in [0.2, 0.25) is 0 Å². The molecule has 0 aliphatic heterocycles. The molecule has 1 aromatic heterocycles. The molecule has 0 saturated heterocycles. The minimum atomic E-state index is 0.155. The lowest BCUT2D eigenvalue weighted by Gasteiger charge is -2.11. The molecular formula is C19H20N2O2. The topological polar surface area (TPSA) is 44.2 Å². The Morgan fingerprint density at radius 3 is 2.39 bits per heavy atom. The van der Waals surface area contributed by atoms with E-state index >= 15 is 0 Å². The lowest BCUT2D eigenvalue weighted by molar-refractivity contribution is 0.242. The summed E-state index contributed by atoms with van der Waals surface area (Å²) in [5.41, 5.74) is 1.82. The number of nitrogens with zero attached hydrogens (tertiary/aromatic N) is 2.